The van der Waals surface area contributed by atoms with E-state index in [9.17, 15) is 4.79 Å². The van der Waals surface area contributed by atoms with Crippen LogP contribution in [-0.4, -0.2) is 25.2 Å². The van der Waals surface area contributed by atoms with E-state index in [0.29, 0.717) is 5.96 Å². The summed E-state index contributed by atoms with van der Waals surface area (Å²) in [5.74, 6) is 0.451. The molecule has 0 fully saturated rings. The summed E-state index contributed by atoms with van der Waals surface area (Å²) in [6.07, 6.45) is -0.521. The smallest absolute Gasteiger partial charge is 0.413 e. The van der Waals surface area contributed by atoms with Crippen LogP contribution in [0.15, 0.2) is 47.5 Å². The zero-order chi connectivity index (χ0) is 14.8. The van der Waals surface area contributed by atoms with E-state index in [4.69, 9.17) is 0 Å². The van der Waals surface area contributed by atoms with Gasteiger partial charge in [-0.1, -0.05) is 36.4 Å². The fraction of sp³-hybridized carbons (Fsp3) is 0.250. The monoisotopic (exact) mass is 283 g/mol. The molecule has 21 heavy (non-hydrogen) atoms. The minimum atomic E-state index is -0.521. The van der Waals surface area contributed by atoms with E-state index in [1.165, 1.54) is 17.9 Å². The Morgan fingerprint density at radius 3 is 2.76 bits per heavy atom. The number of rotatable bonds is 1. The number of amides is 1. The summed E-state index contributed by atoms with van der Waals surface area (Å²) < 4.78 is 4.58. The third-order valence-electron chi connectivity index (χ3n) is 3.63. The van der Waals surface area contributed by atoms with Crippen LogP contribution in [0.25, 0.3) is 10.8 Å². The number of alkyl carbamates (subject to hydrolysis) is 1. The third-order valence-corrected chi connectivity index (χ3v) is 3.63. The number of nitrogens with zero attached hydrogens (tertiary/aromatic N) is 1. The van der Waals surface area contributed by atoms with Crippen molar-refractivity contribution in [1.82, 2.24) is 10.6 Å². The molecule has 3 rings (SSSR count). The van der Waals surface area contributed by atoms with Crippen LogP contribution in [0, 0.1) is 0 Å². The van der Waals surface area contributed by atoms with Gasteiger partial charge in [-0.25, -0.2) is 9.79 Å². The Morgan fingerprint density at radius 2 is 2.00 bits per heavy atom. The Labute approximate surface area is 123 Å². The van der Waals surface area contributed by atoms with Gasteiger partial charge in [0.2, 0.25) is 5.96 Å². The normalized spacial score (nSPS) is 20.8. The summed E-state index contributed by atoms with van der Waals surface area (Å²) in [7, 11) is 1.33. The lowest BCUT2D eigenvalue weighted by molar-refractivity contribution is 0.176. The highest BCUT2D eigenvalue weighted by atomic mass is 16.5. The molecule has 0 aliphatic carbocycles. The molecule has 2 unspecified atom stereocenters. The predicted molar refractivity (Wildman–Crippen MR) is 82.3 cm³/mol. The summed E-state index contributed by atoms with van der Waals surface area (Å²) in [4.78, 5) is 15.8. The number of methoxy groups -OCH3 is 1. The van der Waals surface area contributed by atoms with Crippen LogP contribution in [0.5, 0.6) is 0 Å². The molecule has 1 aliphatic rings. The maximum absolute atomic E-state index is 11.2. The molecule has 1 heterocycles. The third kappa shape index (κ3) is 2.67. The van der Waals surface area contributed by atoms with E-state index in [2.05, 4.69) is 50.7 Å². The second-order valence-electron chi connectivity index (χ2n) is 5.08. The first-order chi connectivity index (χ1) is 10.2. The number of carbonyl (C=O) groups is 1. The second-order valence-corrected chi connectivity index (χ2v) is 5.08. The standard InChI is InChI=1S/C16H17N3O2/c1-10-14(18-15(17-10)19-16(20)21-2)13-8-7-11-5-3-4-6-12(11)9-13/h3-10,14H,1-2H3,(H2,17,18,19,20). The van der Waals surface area contributed by atoms with Gasteiger partial charge in [-0.2, -0.15) is 0 Å². The van der Waals surface area contributed by atoms with Crippen molar-refractivity contribution in [3.63, 3.8) is 0 Å². The molecule has 0 spiro atoms. The van der Waals surface area contributed by atoms with Gasteiger partial charge in [0, 0.05) is 0 Å². The van der Waals surface area contributed by atoms with Crippen molar-refractivity contribution in [2.24, 2.45) is 4.99 Å². The number of fused-ring (bicyclic) bond motifs is 1. The molecule has 1 amide bonds. The highest BCUT2D eigenvalue weighted by Crippen LogP contribution is 2.27. The molecule has 2 atom stereocenters. The SMILES string of the molecule is COC(=O)NC1=NC(c2ccc3ccccc3c2)C(C)N1. The van der Waals surface area contributed by atoms with Gasteiger partial charge in [-0.3, -0.25) is 5.32 Å². The zero-order valence-corrected chi connectivity index (χ0v) is 12.0. The summed E-state index contributed by atoms with van der Waals surface area (Å²) in [5, 5.41) is 8.12. The topological polar surface area (TPSA) is 62.7 Å². The lowest BCUT2D eigenvalue weighted by Crippen LogP contribution is -2.41. The van der Waals surface area contributed by atoms with Gasteiger partial charge in [0.1, 0.15) is 0 Å². The van der Waals surface area contributed by atoms with Crippen molar-refractivity contribution in [3.8, 4) is 0 Å². The Kier molecular flexibility index (Phi) is 3.48. The molecule has 108 valence electrons. The summed E-state index contributed by atoms with van der Waals surface area (Å²) in [6.45, 7) is 2.04. The van der Waals surface area contributed by atoms with Crippen LogP contribution in [0.1, 0.15) is 18.5 Å². The van der Waals surface area contributed by atoms with E-state index in [0.717, 1.165) is 5.56 Å². The number of ether oxygens (including phenoxy) is 1. The summed E-state index contributed by atoms with van der Waals surface area (Å²) in [6, 6.07) is 14.6. The lowest BCUT2D eigenvalue weighted by atomic mass is 9.99. The molecule has 0 radical (unpaired) electrons. The molecule has 1 aliphatic heterocycles. The maximum atomic E-state index is 11.2. The van der Waals surface area contributed by atoms with Gasteiger partial charge in [-0.05, 0) is 29.3 Å². The minimum absolute atomic E-state index is 0.0261. The molecule has 5 nitrogen and oxygen atoms in total. The summed E-state index contributed by atoms with van der Waals surface area (Å²) >= 11 is 0. The van der Waals surface area contributed by atoms with Crippen LogP contribution < -0.4 is 10.6 Å². The average Bonchev–Trinajstić information content (AvgIpc) is 2.87. The Morgan fingerprint density at radius 1 is 1.24 bits per heavy atom. The second kappa shape index (κ2) is 5.44. The fourth-order valence-corrected chi connectivity index (χ4v) is 2.55. The maximum Gasteiger partial charge on any atom is 0.413 e. The number of hydrogen-bond donors (Lipinski definition) is 2. The van der Waals surface area contributed by atoms with Gasteiger partial charge in [-0.15, -0.1) is 0 Å². The van der Waals surface area contributed by atoms with Crippen LogP contribution in [0.2, 0.25) is 0 Å². The number of guanidine groups is 1. The molecular weight excluding hydrogens is 266 g/mol. The van der Waals surface area contributed by atoms with Gasteiger partial charge in [0.25, 0.3) is 0 Å². The number of nitrogens with one attached hydrogen (secondary N) is 2. The van der Waals surface area contributed by atoms with E-state index in [1.54, 1.807) is 0 Å². The van der Waals surface area contributed by atoms with Gasteiger partial charge < -0.3 is 10.1 Å². The van der Waals surface area contributed by atoms with Crippen molar-refractivity contribution in [3.05, 3.63) is 48.0 Å². The quantitative estimate of drug-likeness (QED) is 0.845. The Balaban J connectivity index is 1.88. The van der Waals surface area contributed by atoms with E-state index in [-0.39, 0.29) is 12.1 Å². The number of carbonyl (C=O) groups excluding carboxylic acids is 1. The minimum Gasteiger partial charge on any atom is -0.453 e. The van der Waals surface area contributed by atoms with E-state index >= 15 is 0 Å². The molecule has 5 heteroatoms. The Bertz CT molecular complexity index is 711. The van der Waals surface area contributed by atoms with Gasteiger partial charge >= 0.3 is 6.09 Å². The molecule has 0 saturated heterocycles. The lowest BCUT2D eigenvalue weighted by Gasteiger charge is -2.14. The first kappa shape index (κ1) is 13.4. The fourth-order valence-electron chi connectivity index (χ4n) is 2.55. The average molecular weight is 283 g/mol. The molecule has 2 aromatic rings. The molecule has 2 aromatic carbocycles. The molecule has 2 N–H and O–H groups in total. The predicted octanol–water partition coefficient (Wildman–Crippen LogP) is 2.58. The van der Waals surface area contributed by atoms with Crippen LogP contribution in [0.4, 0.5) is 4.79 Å². The first-order valence-corrected chi connectivity index (χ1v) is 6.85. The molecule has 0 bridgehead atoms. The molecule has 0 saturated carbocycles. The van der Waals surface area contributed by atoms with Crippen molar-refractivity contribution in [1.29, 1.82) is 0 Å². The Hall–Kier alpha value is -2.56. The van der Waals surface area contributed by atoms with Gasteiger partial charge in [0.15, 0.2) is 0 Å². The van der Waals surface area contributed by atoms with Crippen LogP contribution in [0.3, 0.4) is 0 Å². The van der Waals surface area contributed by atoms with E-state index < -0.39 is 6.09 Å². The summed E-state index contributed by atoms with van der Waals surface area (Å²) in [5.41, 5.74) is 1.12. The van der Waals surface area contributed by atoms with Crippen LogP contribution >= 0.6 is 0 Å². The number of benzene rings is 2. The highest BCUT2D eigenvalue weighted by Gasteiger charge is 2.27. The van der Waals surface area contributed by atoms with Crippen molar-refractivity contribution < 1.29 is 9.53 Å². The largest absolute Gasteiger partial charge is 0.453 e. The highest BCUT2D eigenvalue weighted by molar-refractivity contribution is 5.95. The number of hydrogen-bond acceptors (Lipinski definition) is 4. The van der Waals surface area contributed by atoms with Crippen LogP contribution in [-0.2, 0) is 4.74 Å². The van der Waals surface area contributed by atoms with Gasteiger partial charge in [0.05, 0.1) is 19.2 Å². The zero-order valence-electron chi connectivity index (χ0n) is 12.0. The van der Waals surface area contributed by atoms with E-state index in [1.807, 2.05) is 19.1 Å². The van der Waals surface area contributed by atoms with Crippen molar-refractivity contribution in [2.45, 2.75) is 19.0 Å². The molecular formula is C16H17N3O2. The first-order valence-electron chi connectivity index (χ1n) is 6.85. The number of aliphatic imine (C=N–C) groups is 1. The molecule has 0 aromatic heterocycles. The van der Waals surface area contributed by atoms with Crippen molar-refractivity contribution >= 4 is 22.8 Å². The van der Waals surface area contributed by atoms with Crippen molar-refractivity contribution in [2.75, 3.05) is 7.11 Å².